The zero-order valence-electron chi connectivity index (χ0n) is 26.7. The van der Waals surface area contributed by atoms with Crippen molar-refractivity contribution in [1.82, 2.24) is 0 Å². The van der Waals surface area contributed by atoms with Crippen LogP contribution in [0.1, 0.15) is 16.7 Å². The molecule has 0 aromatic heterocycles. The van der Waals surface area contributed by atoms with Gasteiger partial charge >= 0.3 is 14.8 Å². The molecule has 5 rings (SSSR count). The van der Waals surface area contributed by atoms with Crippen LogP contribution in [-0.2, 0) is 0 Å². The number of nitrogen functional groups attached to an aromatic ring is 3. The first kappa shape index (κ1) is 40.1. The molecule has 0 unspecified atom stereocenters. The molecule has 1 radical (unpaired) electrons. The summed E-state index contributed by atoms with van der Waals surface area (Å²) in [6.07, 6.45) is 0. The van der Waals surface area contributed by atoms with Gasteiger partial charge in [-0.15, -0.1) is 0 Å². The van der Waals surface area contributed by atoms with Crippen LogP contribution in [0.15, 0.2) is 121 Å². The molecular formula is C33H38B2N5O8. The van der Waals surface area contributed by atoms with Gasteiger partial charge in [-0.25, -0.2) is 0 Å². The Balaban J connectivity index is 0.000000302. The monoisotopic (exact) mass is 654 g/mol. The average Bonchev–Trinajstić information content (AvgIpc) is 3.02. The second-order valence-electron chi connectivity index (χ2n) is 9.95. The summed E-state index contributed by atoms with van der Waals surface area (Å²) in [6.45, 7) is 5.87. The van der Waals surface area contributed by atoms with Crippen molar-refractivity contribution < 1.29 is 29.6 Å². The molecule has 0 saturated heterocycles. The minimum atomic E-state index is -1.66. The minimum Gasteiger partial charge on any atom is -0.537 e. The molecule has 5 aromatic rings. The Kier molecular flexibility index (Phi) is 18.2. The normalized spacial score (nSPS) is 9.21. The lowest BCUT2D eigenvalue weighted by Gasteiger charge is -2.00. The summed E-state index contributed by atoms with van der Waals surface area (Å²) in [7, 11) is -1.04. The van der Waals surface area contributed by atoms with E-state index in [4.69, 9.17) is 32.3 Å². The lowest BCUT2D eigenvalue weighted by Crippen LogP contribution is -2.29. The summed E-state index contributed by atoms with van der Waals surface area (Å²) >= 11 is 0. The van der Waals surface area contributed by atoms with Crippen molar-refractivity contribution >= 4 is 48.7 Å². The molecule has 0 spiro atoms. The predicted octanol–water partition coefficient (Wildman–Crippen LogP) is 4.51. The van der Waals surface area contributed by atoms with Gasteiger partial charge in [0.25, 0.3) is 11.4 Å². The number of aryl methyl sites for hydroxylation is 3. The molecule has 0 aliphatic carbocycles. The number of hydrogen-bond acceptors (Lipinski definition) is 11. The lowest BCUT2D eigenvalue weighted by molar-refractivity contribution is -0.385. The Labute approximate surface area is 280 Å². The van der Waals surface area contributed by atoms with Crippen LogP contribution in [0.4, 0.5) is 28.4 Å². The minimum absolute atomic E-state index is 0.115. The zero-order valence-corrected chi connectivity index (χ0v) is 26.7. The number of hydrogen-bond donors (Lipinski definition) is 6. The van der Waals surface area contributed by atoms with Crippen molar-refractivity contribution in [3.8, 4) is 5.75 Å². The third-order valence-electron chi connectivity index (χ3n) is 5.72. The van der Waals surface area contributed by atoms with Crippen molar-refractivity contribution in [2.24, 2.45) is 0 Å². The summed E-state index contributed by atoms with van der Waals surface area (Å²) in [4.78, 5) is 19.4. The van der Waals surface area contributed by atoms with Gasteiger partial charge in [-0.1, -0.05) is 54.6 Å². The first-order valence-corrected chi connectivity index (χ1v) is 14.2. The van der Waals surface area contributed by atoms with Crippen molar-refractivity contribution in [3.63, 3.8) is 0 Å². The molecule has 0 aliphatic rings. The third-order valence-corrected chi connectivity index (χ3v) is 5.72. The van der Waals surface area contributed by atoms with E-state index in [-0.39, 0.29) is 16.8 Å². The van der Waals surface area contributed by atoms with Crippen LogP contribution in [0.2, 0.25) is 0 Å². The van der Waals surface area contributed by atoms with Gasteiger partial charge in [-0.05, 0) is 79.3 Å². The fraction of sp³-hybridized carbons (Fsp3) is 0.0909. The quantitative estimate of drug-likeness (QED) is 0.0668. The molecule has 0 saturated carbocycles. The van der Waals surface area contributed by atoms with Crippen LogP contribution in [0.25, 0.3) is 0 Å². The predicted molar refractivity (Wildman–Crippen MR) is 191 cm³/mol. The van der Waals surface area contributed by atoms with Crippen molar-refractivity contribution in [3.05, 3.63) is 158 Å². The highest BCUT2D eigenvalue weighted by Gasteiger charge is 2.14. The van der Waals surface area contributed by atoms with E-state index >= 15 is 0 Å². The molecule has 9 N–H and O–H groups in total. The second-order valence-corrected chi connectivity index (χ2v) is 9.95. The maximum atomic E-state index is 10.2. The Bertz CT molecular complexity index is 1650. The van der Waals surface area contributed by atoms with Gasteiger partial charge in [-0.2, -0.15) is 0 Å². The van der Waals surface area contributed by atoms with E-state index in [1.807, 2.05) is 75.4 Å². The van der Waals surface area contributed by atoms with Crippen LogP contribution in [0.3, 0.4) is 0 Å². The number of non-ortho nitro benzene ring substituents is 2. The maximum Gasteiger partial charge on any atom is 0.569 e. The summed E-state index contributed by atoms with van der Waals surface area (Å²) in [5, 5.41) is 45.9. The lowest BCUT2D eigenvalue weighted by atomic mass is 9.80. The Morgan fingerprint density at radius 3 is 1.33 bits per heavy atom. The average molecular weight is 654 g/mol. The molecule has 5 aromatic carbocycles. The number of anilines is 3. The summed E-state index contributed by atoms with van der Waals surface area (Å²) < 4.78 is 4.64. The largest absolute Gasteiger partial charge is 0.569 e. The van der Waals surface area contributed by atoms with Crippen LogP contribution >= 0.6 is 0 Å². The number of nitro benzene ring substituents is 2. The number of benzene rings is 5. The highest BCUT2D eigenvalue weighted by Crippen LogP contribution is 2.13. The molecule has 0 bridgehead atoms. The molecule has 249 valence electrons. The van der Waals surface area contributed by atoms with Crippen LogP contribution in [0.5, 0.6) is 5.75 Å². The van der Waals surface area contributed by atoms with Crippen molar-refractivity contribution in [2.45, 2.75) is 20.8 Å². The van der Waals surface area contributed by atoms with Crippen LogP contribution < -0.4 is 27.3 Å². The Morgan fingerprint density at radius 2 is 1.00 bits per heavy atom. The Morgan fingerprint density at radius 1 is 0.604 bits per heavy atom. The first-order chi connectivity index (χ1) is 22.7. The maximum absolute atomic E-state index is 10.2. The molecular weight excluding hydrogens is 616 g/mol. The molecule has 0 fully saturated rings. The zero-order chi connectivity index (χ0) is 36.1. The van der Waals surface area contributed by atoms with E-state index in [2.05, 4.69) is 4.65 Å². The standard InChI is InChI=1S/C7H7NO2.2C7H9N.C6H6BNO4.C6H7BNO2/c1-6-3-2-4-7(5-6)8(9)10;2*1-6-3-2-4-7(8)5-6;9-7(10)5-2-1-3-6(4-5)8(11)12;8-5-2-1-3-6(4-5)10-7-9/h2-5H,1H3;2*2-5H,8H2,1H3;1-4,9-10H;1-4,9H,8H2. The fourth-order valence-corrected chi connectivity index (χ4v) is 3.53. The molecule has 0 heterocycles. The molecule has 13 nitrogen and oxygen atoms in total. The number of nitrogens with two attached hydrogens (primary N) is 3. The van der Waals surface area contributed by atoms with Crippen LogP contribution in [0, 0.1) is 41.0 Å². The Hall–Kier alpha value is -5.89. The topological polar surface area (TPSA) is 234 Å². The third kappa shape index (κ3) is 17.6. The fourth-order valence-electron chi connectivity index (χ4n) is 3.53. The van der Waals surface area contributed by atoms with Gasteiger partial charge in [0, 0.05) is 47.4 Å². The summed E-state index contributed by atoms with van der Waals surface area (Å²) in [5.74, 6) is 0.530. The van der Waals surface area contributed by atoms with E-state index in [9.17, 15) is 20.2 Å². The first-order valence-electron chi connectivity index (χ1n) is 14.2. The molecule has 48 heavy (non-hydrogen) atoms. The van der Waals surface area contributed by atoms with E-state index in [0.29, 0.717) is 19.1 Å². The highest BCUT2D eigenvalue weighted by atomic mass is 16.6. The molecule has 0 amide bonds. The van der Waals surface area contributed by atoms with Gasteiger partial charge in [-0.3, -0.25) is 20.2 Å². The SMILES string of the molecule is Cc1cccc(N)c1.Cc1cccc(N)c1.Cc1cccc([N+](=O)[O-])c1.Nc1cccc(O[B]O)c1.O=[N+]([O-])c1cccc(B(O)O)c1. The number of rotatable bonds is 5. The highest BCUT2D eigenvalue weighted by molar-refractivity contribution is 6.58. The molecule has 0 atom stereocenters. The number of nitrogens with zero attached hydrogens (tertiary/aromatic N) is 2. The van der Waals surface area contributed by atoms with E-state index in [1.54, 1.807) is 36.4 Å². The summed E-state index contributed by atoms with van der Waals surface area (Å²) in [5.41, 5.74) is 22.1. The van der Waals surface area contributed by atoms with Crippen LogP contribution in [-0.4, -0.2) is 39.7 Å². The van der Waals surface area contributed by atoms with E-state index in [0.717, 1.165) is 23.0 Å². The van der Waals surface area contributed by atoms with Gasteiger partial charge in [0.05, 0.1) is 9.85 Å². The molecule has 15 heteroatoms. The van der Waals surface area contributed by atoms with Crippen molar-refractivity contribution in [1.29, 1.82) is 0 Å². The van der Waals surface area contributed by atoms with Crippen molar-refractivity contribution in [2.75, 3.05) is 17.2 Å². The van der Waals surface area contributed by atoms with Gasteiger partial charge < -0.3 is 36.9 Å². The van der Waals surface area contributed by atoms with E-state index in [1.165, 1.54) is 35.4 Å². The van der Waals surface area contributed by atoms with Gasteiger partial charge in [0.2, 0.25) is 0 Å². The number of nitro groups is 2. The smallest absolute Gasteiger partial charge is 0.537 e. The van der Waals surface area contributed by atoms with Gasteiger partial charge in [0.15, 0.2) is 0 Å². The summed E-state index contributed by atoms with van der Waals surface area (Å²) in [6, 6.07) is 34.1. The van der Waals surface area contributed by atoms with Gasteiger partial charge in [0.1, 0.15) is 5.75 Å². The molecule has 0 aliphatic heterocycles. The van der Waals surface area contributed by atoms with E-state index < -0.39 is 17.0 Å². The second kappa shape index (κ2) is 21.8.